The lowest BCUT2D eigenvalue weighted by atomic mass is 9.96. The Kier molecular flexibility index (Phi) is 13.4. The molecule has 0 radical (unpaired) electrons. The summed E-state index contributed by atoms with van der Waals surface area (Å²) in [5.41, 5.74) is 0. The highest BCUT2D eigenvalue weighted by molar-refractivity contribution is 5.69. The molecule has 2 fully saturated rings. The standard InChI is InChI=1S/C26H36O18/c1-10(27)35-8-17-20(21(38-13(4)30)23(25(34)42-17)40-15(6)32)44-26-24(41-16(7)33)22(39-14(5)31)19(37-12(3)29)18(43-26)9-36-11(2)28/h17-26,34H,8-9H2,1-7H3/t17?,18?,19-,20-,21+,22-,23?,24?,25-,26+/m1/s1. The Morgan fingerprint density at radius 1 is 0.477 bits per heavy atom. The molecule has 2 rings (SSSR count). The summed E-state index contributed by atoms with van der Waals surface area (Å²) in [6.45, 7) is 6.11. The Morgan fingerprint density at radius 2 is 0.841 bits per heavy atom. The second-order valence-corrected chi connectivity index (χ2v) is 9.68. The molecule has 2 aliphatic heterocycles. The molecular formula is C26H36O18. The Balaban J connectivity index is 2.66. The zero-order chi connectivity index (χ0) is 33.3. The van der Waals surface area contributed by atoms with Crippen LogP contribution in [0.3, 0.4) is 0 Å². The molecule has 18 heteroatoms. The van der Waals surface area contributed by atoms with Gasteiger partial charge < -0.3 is 52.5 Å². The van der Waals surface area contributed by atoms with Gasteiger partial charge in [0.1, 0.15) is 31.5 Å². The molecule has 2 saturated heterocycles. The predicted octanol–water partition coefficient (Wildman–Crippen LogP) is -1.40. The molecule has 0 bridgehead atoms. The van der Waals surface area contributed by atoms with Crippen LogP contribution in [0.2, 0.25) is 0 Å². The SMILES string of the molecule is CC(=O)OCC1O[C@@H](O)C(OC(C)=O)[C@@H](OC(C)=O)[C@@H]1O[C@@H]1OC(COC(C)=O)[C@@H](OC(C)=O)[C@@H](OC(C)=O)C1OC(C)=O. The molecule has 4 unspecified atom stereocenters. The summed E-state index contributed by atoms with van der Waals surface area (Å²) in [5.74, 6) is -6.03. The lowest BCUT2D eigenvalue weighted by Gasteiger charge is -2.48. The smallest absolute Gasteiger partial charge is 0.303 e. The van der Waals surface area contributed by atoms with Gasteiger partial charge in [-0.3, -0.25) is 33.6 Å². The minimum absolute atomic E-state index is 0.572. The summed E-state index contributed by atoms with van der Waals surface area (Å²) in [4.78, 5) is 83.5. The summed E-state index contributed by atoms with van der Waals surface area (Å²) in [7, 11) is 0. The summed E-state index contributed by atoms with van der Waals surface area (Å²) < 4.78 is 54.1. The maximum atomic E-state index is 12.2. The van der Waals surface area contributed by atoms with Crippen molar-refractivity contribution in [3.05, 3.63) is 0 Å². The van der Waals surface area contributed by atoms with E-state index in [2.05, 4.69) is 0 Å². The zero-order valence-electron chi connectivity index (χ0n) is 25.1. The van der Waals surface area contributed by atoms with Crippen molar-refractivity contribution in [2.75, 3.05) is 13.2 Å². The van der Waals surface area contributed by atoms with Crippen LogP contribution in [-0.2, 0) is 80.9 Å². The number of carbonyl (C=O) groups is 7. The molecule has 0 aromatic heterocycles. The molecule has 2 aliphatic rings. The third-order valence-corrected chi connectivity index (χ3v) is 5.90. The van der Waals surface area contributed by atoms with Gasteiger partial charge in [-0.05, 0) is 0 Å². The van der Waals surface area contributed by atoms with Crippen LogP contribution in [0, 0.1) is 0 Å². The van der Waals surface area contributed by atoms with E-state index >= 15 is 0 Å². The van der Waals surface area contributed by atoms with Gasteiger partial charge in [-0.25, -0.2) is 0 Å². The molecule has 0 aromatic carbocycles. The minimum Gasteiger partial charge on any atom is -0.463 e. The highest BCUT2D eigenvalue weighted by atomic mass is 16.8. The van der Waals surface area contributed by atoms with E-state index in [4.69, 9.17) is 47.4 Å². The average Bonchev–Trinajstić information content (AvgIpc) is 2.87. The number of carbonyl (C=O) groups excluding carboxylic acids is 7. The maximum absolute atomic E-state index is 12.2. The van der Waals surface area contributed by atoms with E-state index in [-0.39, 0.29) is 0 Å². The van der Waals surface area contributed by atoms with Crippen LogP contribution in [0.25, 0.3) is 0 Å². The number of hydrogen-bond acceptors (Lipinski definition) is 18. The van der Waals surface area contributed by atoms with Gasteiger partial charge in [0.15, 0.2) is 43.1 Å². The molecule has 0 spiro atoms. The summed E-state index contributed by atoms with van der Waals surface area (Å²) in [6, 6.07) is 0. The van der Waals surface area contributed by atoms with Gasteiger partial charge in [-0.15, -0.1) is 0 Å². The third kappa shape index (κ3) is 10.7. The van der Waals surface area contributed by atoms with Crippen LogP contribution in [0.5, 0.6) is 0 Å². The first-order chi connectivity index (χ1) is 20.5. The third-order valence-electron chi connectivity index (χ3n) is 5.90. The highest BCUT2D eigenvalue weighted by Crippen LogP contribution is 2.34. The Labute approximate surface area is 251 Å². The van der Waals surface area contributed by atoms with Crippen molar-refractivity contribution < 1.29 is 86.0 Å². The van der Waals surface area contributed by atoms with Crippen LogP contribution < -0.4 is 0 Å². The maximum Gasteiger partial charge on any atom is 0.303 e. The van der Waals surface area contributed by atoms with E-state index in [0.717, 1.165) is 48.5 Å². The van der Waals surface area contributed by atoms with Crippen LogP contribution >= 0.6 is 0 Å². The van der Waals surface area contributed by atoms with Crippen LogP contribution in [0.15, 0.2) is 0 Å². The van der Waals surface area contributed by atoms with Crippen molar-refractivity contribution in [1.82, 2.24) is 0 Å². The molecule has 10 atom stereocenters. The lowest BCUT2D eigenvalue weighted by molar-refractivity contribution is -0.357. The van der Waals surface area contributed by atoms with Crippen molar-refractivity contribution in [2.24, 2.45) is 0 Å². The van der Waals surface area contributed by atoms with E-state index in [1.54, 1.807) is 0 Å². The second-order valence-electron chi connectivity index (χ2n) is 9.68. The van der Waals surface area contributed by atoms with Crippen molar-refractivity contribution in [3.63, 3.8) is 0 Å². The minimum atomic E-state index is -1.90. The van der Waals surface area contributed by atoms with E-state index in [9.17, 15) is 38.7 Å². The predicted molar refractivity (Wildman–Crippen MR) is 135 cm³/mol. The quantitative estimate of drug-likeness (QED) is 0.203. The van der Waals surface area contributed by atoms with E-state index in [0.29, 0.717) is 0 Å². The summed E-state index contributed by atoms with van der Waals surface area (Å²) in [6.07, 6.45) is -16.3. The molecule has 1 N–H and O–H groups in total. The van der Waals surface area contributed by atoms with Crippen molar-refractivity contribution in [3.8, 4) is 0 Å². The van der Waals surface area contributed by atoms with Gasteiger partial charge in [0.05, 0.1) is 0 Å². The number of aliphatic hydroxyl groups is 1. The molecule has 0 aromatic rings. The normalized spacial score (nSPS) is 31.5. The number of aliphatic hydroxyl groups excluding tert-OH is 1. The first kappa shape index (κ1) is 36.3. The van der Waals surface area contributed by atoms with E-state index < -0.39 is 116 Å². The molecule has 248 valence electrons. The van der Waals surface area contributed by atoms with Crippen molar-refractivity contribution in [2.45, 2.75) is 110 Å². The number of rotatable bonds is 11. The topological polar surface area (TPSA) is 232 Å². The van der Waals surface area contributed by atoms with Gasteiger partial charge >= 0.3 is 41.8 Å². The highest BCUT2D eigenvalue weighted by Gasteiger charge is 2.57. The first-order valence-corrected chi connectivity index (χ1v) is 13.3. The van der Waals surface area contributed by atoms with Gasteiger partial charge in [-0.2, -0.15) is 0 Å². The van der Waals surface area contributed by atoms with Gasteiger partial charge in [0.2, 0.25) is 0 Å². The average molecular weight is 637 g/mol. The van der Waals surface area contributed by atoms with Crippen LogP contribution in [0.1, 0.15) is 48.5 Å². The monoisotopic (exact) mass is 636 g/mol. The summed E-state index contributed by atoms with van der Waals surface area (Å²) in [5, 5.41) is 10.6. The fourth-order valence-electron chi connectivity index (χ4n) is 4.49. The molecule has 0 amide bonds. The number of ether oxygens (including phenoxy) is 10. The molecule has 0 aliphatic carbocycles. The van der Waals surface area contributed by atoms with Gasteiger partial charge in [-0.1, -0.05) is 0 Å². The number of esters is 7. The fraction of sp³-hybridized carbons (Fsp3) is 0.731. The zero-order valence-corrected chi connectivity index (χ0v) is 25.1. The van der Waals surface area contributed by atoms with Crippen LogP contribution in [-0.4, -0.2) is 122 Å². The Bertz CT molecular complexity index is 1090. The van der Waals surface area contributed by atoms with E-state index in [1.165, 1.54) is 0 Å². The fourth-order valence-corrected chi connectivity index (χ4v) is 4.49. The molecule has 18 nitrogen and oxygen atoms in total. The molecule has 44 heavy (non-hydrogen) atoms. The second kappa shape index (κ2) is 16.3. The molecule has 0 saturated carbocycles. The lowest BCUT2D eigenvalue weighted by Crippen LogP contribution is -2.67. The van der Waals surface area contributed by atoms with E-state index in [1.807, 2.05) is 0 Å². The Morgan fingerprint density at radius 3 is 1.27 bits per heavy atom. The molecular weight excluding hydrogens is 600 g/mol. The Hall–Kier alpha value is -3.87. The largest absolute Gasteiger partial charge is 0.463 e. The van der Waals surface area contributed by atoms with Gasteiger partial charge in [0, 0.05) is 48.5 Å². The van der Waals surface area contributed by atoms with Crippen molar-refractivity contribution in [1.29, 1.82) is 0 Å². The van der Waals surface area contributed by atoms with Crippen LogP contribution in [0.4, 0.5) is 0 Å². The summed E-state index contributed by atoms with van der Waals surface area (Å²) >= 11 is 0. The molecule has 2 heterocycles. The number of hydrogen-bond donors (Lipinski definition) is 1. The first-order valence-electron chi connectivity index (χ1n) is 13.3. The van der Waals surface area contributed by atoms with Gasteiger partial charge in [0.25, 0.3) is 0 Å². The van der Waals surface area contributed by atoms with Crippen molar-refractivity contribution >= 4 is 41.8 Å².